The van der Waals surface area contributed by atoms with Crippen LogP contribution < -0.4 is 0 Å². The summed E-state index contributed by atoms with van der Waals surface area (Å²) in [5, 5.41) is 1.06. The number of likely N-dealkylation sites (tertiary alicyclic amines) is 1. The topological polar surface area (TPSA) is 41.4 Å². The molecule has 2 aromatic carbocycles. The number of rotatable bonds is 5. The summed E-state index contributed by atoms with van der Waals surface area (Å²) in [7, 11) is 4.07. The molecule has 0 spiro atoms. The summed E-state index contributed by atoms with van der Waals surface area (Å²) in [5.74, 6) is 0.973. The van der Waals surface area contributed by atoms with Crippen LogP contribution in [-0.4, -0.2) is 58.5 Å². The summed E-state index contributed by atoms with van der Waals surface area (Å²) < 4.78 is 2.07. The van der Waals surface area contributed by atoms with E-state index >= 15 is 0 Å². The van der Waals surface area contributed by atoms with Gasteiger partial charge in [0, 0.05) is 19.5 Å². The number of hydrogen-bond donors (Lipinski definition) is 0. The average molecular weight is 473 g/mol. The zero-order chi connectivity index (χ0) is 23.0. The molecule has 0 bridgehead atoms. The third-order valence-electron chi connectivity index (χ3n) is 6.71. The molecule has 0 unspecified atom stereocenters. The predicted octanol–water partition coefficient (Wildman–Crippen LogP) is 5.10. The fourth-order valence-electron chi connectivity index (χ4n) is 4.41. The van der Waals surface area contributed by atoms with E-state index < -0.39 is 0 Å². The van der Waals surface area contributed by atoms with Crippen molar-refractivity contribution in [1.82, 2.24) is 19.4 Å². The van der Waals surface area contributed by atoms with E-state index in [0.717, 1.165) is 48.4 Å². The summed E-state index contributed by atoms with van der Waals surface area (Å²) in [6.45, 7) is 6.51. The van der Waals surface area contributed by atoms with Gasteiger partial charge in [0.15, 0.2) is 0 Å². The molecule has 2 heterocycles. The molecular formula is C25H30Cl2N4O. The summed E-state index contributed by atoms with van der Waals surface area (Å²) in [5.41, 5.74) is 5.31. The minimum Gasteiger partial charge on any atom is -0.341 e. The van der Waals surface area contributed by atoms with Crippen molar-refractivity contribution in [3.05, 3.63) is 62.9 Å². The van der Waals surface area contributed by atoms with Crippen LogP contribution in [0.5, 0.6) is 0 Å². The van der Waals surface area contributed by atoms with E-state index in [1.54, 1.807) is 6.07 Å². The van der Waals surface area contributed by atoms with E-state index in [2.05, 4.69) is 42.5 Å². The number of aryl methyl sites for hydroxylation is 2. The van der Waals surface area contributed by atoms with Gasteiger partial charge in [0.1, 0.15) is 12.4 Å². The molecule has 3 aromatic rings. The third-order valence-corrected chi connectivity index (χ3v) is 7.45. The van der Waals surface area contributed by atoms with E-state index in [4.69, 9.17) is 28.2 Å². The van der Waals surface area contributed by atoms with E-state index in [0.29, 0.717) is 16.5 Å². The van der Waals surface area contributed by atoms with E-state index in [1.807, 2.05) is 24.1 Å². The Morgan fingerprint density at radius 1 is 1.09 bits per heavy atom. The third kappa shape index (κ3) is 4.80. The number of carbonyl (C=O) groups excluding carboxylic acids is 1. The Balaban J connectivity index is 1.66. The van der Waals surface area contributed by atoms with Gasteiger partial charge in [-0.15, -0.1) is 0 Å². The highest BCUT2D eigenvalue weighted by molar-refractivity contribution is 6.42. The first-order valence-electron chi connectivity index (χ1n) is 11.1. The van der Waals surface area contributed by atoms with Crippen molar-refractivity contribution in [1.29, 1.82) is 0 Å². The predicted molar refractivity (Wildman–Crippen MR) is 132 cm³/mol. The van der Waals surface area contributed by atoms with E-state index in [1.165, 1.54) is 11.1 Å². The van der Waals surface area contributed by atoms with Gasteiger partial charge in [-0.3, -0.25) is 4.79 Å². The molecular weight excluding hydrogens is 443 g/mol. The van der Waals surface area contributed by atoms with Crippen LogP contribution in [0, 0.1) is 13.8 Å². The van der Waals surface area contributed by atoms with Crippen LogP contribution in [0.4, 0.5) is 0 Å². The second-order valence-corrected chi connectivity index (χ2v) is 9.82. The van der Waals surface area contributed by atoms with Crippen molar-refractivity contribution in [2.75, 3.05) is 27.2 Å². The van der Waals surface area contributed by atoms with Crippen molar-refractivity contribution in [3.63, 3.8) is 0 Å². The number of benzene rings is 2. The Kier molecular flexibility index (Phi) is 6.80. The minimum atomic E-state index is 0.118. The van der Waals surface area contributed by atoms with Gasteiger partial charge in [-0.05, 0) is 87.8 Å². The number of aromatic nitrogens is 2. The van der Waals surface area contributed by atoms with Crippen LogP contribution in [0.2, 0.25) is 10.0 Å². The van der Waals surface area contributed by atoms with Crippen molar-refractivity contribution in [2.45, 2.75) is 45.7 Å². The number of halogens is 2. The Hall–Kier alpha value is -2.08. The van der Waals surface area contributed by atoms with Gasteiger partial charge in [-0.2, -0.15) is 0 Å². The molecule has 1 saturated heterocycles. The summed E-state index contributed by atoms with van der Waals surface area (Å²) in [6, 6.07) is 10.2. The van der Waals surface area contributed by atoms with Gasteiger partial charge in [0.05, 0.1) is 21.1 Å². The number of likely N-dealkylation sites (N-methyl/N-ethyl adjacent to an activating group) is 1. The van der Waals surface area contributed by atoms with Crippen molar-refractivity contribution >= 4 is 40.1 Å². The smallest absolute Gasteiger partial charge is 0.242 e. The monoisotopic (exact) mass is 472 g/mol. The standard InChI is InChI=1S/C25H30Cl2N4O/c1-16-11-22-23(12-17(16)2)31(15-25(32)30(4)19-7-9-29(3)10-8-19)24(28-22)14-18-5-6-20(26)21(27)13-18/h5-6,11-13,19H,7-10,14-15H2,1-4H3. The van der Waals surface area contributed by atoms with Crippen molar-refractivity contribution in [2.24, 2.45) is 0 Å². The summed E-state index contributed by atoms with van der Waals surface area (Å²) >= 11 is 12.3. The average Bonchev–Trinajstić information content (AvgIpc) is 3.07. The molecule has 7 heteroatoms. The molecule has 4 rings (SSSR count). The number of hydrogen-bond acceptors (Lipinski definition) is 3. The first-order valence-corrected chi connectivity index (χ1v) is 11.8. The van der Waals surface area contributed by atoms with Crippen LogP contribution in [-0.2, 0) is 17.8 Å². The second-order valence-electron chi connectivity index (χ2n) is 9.00. The lowest BCUT2D eigenvalue weighted by molar-refractivity contribution is -0.133. The van der Waals surface area contributed by atoms with Crippen LogP contribution >= 0.6 is 23.2 Å². The van der Waals surface area contributed by atoms with Gasteiger partial charge in [-0.25, -0.2) is 4.98 Å². The number of amides is 1. The van der Waals surface area contributed by atoms with Gasteiger partial charge >= 0.3 is 0 Å². The number of fused-ring (bicyclic) bond motifs is 1. The fourth-order valence-corrected chi connectivity index (χ4v) is 4.73. The molecule has 0 atom stereocenters. The highest BCUT2D eigenvalue weighted by Crippen LogP contribution is 2.26. The molecule has 5 nitrogen and oxygen atoms in total. The van der Waals surface area contributed by atoms with E-state index in [9.17, 15) is 4.79 Å². The van der Waals surface area contributed by atoms with Crippen molar-refractivity contribution in [3.8, 4) is 0 Å². The lowest BCUT2D eigenvalue weighted by Crippen LogP contribution is -2.45. The number of imidazole rings is 1. The Morgan fingerprint density at radius 3 is 2.47 bits per heavy atom. The van der Waals surface area contributed by atoms with Crippen LogP contribution in [0.3, 0.4) is 0 Å². The molecule has 0 saturated carbocycles. The van der Waals surface area contributed by atoms with Crippen LogP contribution in [0.1, 0.15) is 35.4 Å². The number of piperidine rings is 1. The molecule has 0 N–H and O–H groups in total. The molecule has 1 fully saturated rings. The zero-order valence-electron chi connectivity index (χ0n) is 19.2. The highest BCUT2D eigenvalue weighted by Gasteiger charge is 2.25. The maximum Gasteiger partial charge on any atom is 0.242 e. The summed E-state index contributed by atoms with van der Waals surface area (Å²) in [6.07, 6.45) is 2.60. The number of nitrogens with zero attached hydrogens (tertiary/aromatic N) is 4. The Morgan fingerprint density at radius 2 is 1.78 bits per heavy atom. The maximum atomic E-state index is 13.3. The van der Waals surface area contributed by atoms with Gasteiger partial charge < -0.3 is 14.4 Å². The second kappa shape index (κ2) is 9.42. The van der Waals surface area contributed by atoms with Crippen molar-refractivity contribution < 1.29 is 4.79 Å². The Bertz CT molecular complexity index is 1150. The quantitative estimate of drug-likeness (QED) is 0.518. The molecule has 170 valence electrons. The van der Waals surface area contributed by atoms with Crippen LogP contribution in [0.25, 0.3) is 11.0 Å². The van der Waals surface area contributed by atoms with Gasteiger partial charge in [0.25, 0.3) is 0 Å². The van der Waals surface area contributed by atoms with Gasteiger partial charge in [-0.1, -0.05) is 29.3 Å². The fraction of sp³-hybridized carbons (Fsp3) is 0.440. The molecule has 32 heavy (non-hydrogen) atoms. The molecule has 1 aliphatic rings. The molecule has 1 amide bonds. The van der Waals surface area contributed by atoms with E-state index in [-0.39, 0.29) is 18.5 Å². The molecule has 0 radical (unpaired) electrons. The zero-order valence-corrected chi connectivity index (χ0v) is 20.7. The highest BCUT2D eigenvalue weighted by atomic mass is 35.5. The molecule has 0 aliphatic carbocycles. The molecule has 1 aromatic heterocycles. The lowest BCUT2D eigenvalue weighted by atomic mass is 10.0. The first-order chi connectivity index (χ1) is 15.2. The molecule has 1 aliphatic heterocycles. The Labute approximate surface area is 199 Å². The lowest BCUT2D eigenvalue weighted by Gasteiger charge is -2.35. The normalized spacial score (nSPS) is 15.4. The number of carbonyl (C=O) groups is 1. The summed E-state index contributed by atoms with van der Waals surface area (Å²) in [4.78, 5) is 22.5. The SMILES string of the molecule is Cc1cc2nc(Cc3ccc(Cl)c(Cl)c3)n(CC(=O)N(C)C3CCN(C)CC3)c2cc1C. The maximum absolute atomic E-state index is 13.3. The minimum absolute atomic E-state index is 0.118. The van der Waals surface area contributed by atoms with Crippen LogP contribution in [0.15, 0.2) is 30.3 Å². The first kappa shape index (κ1) is 23.1. The van der Waals surface area contributed by atoms with Gasteiger partial charge in [0.2, 0.25) is 5.91 Å². The largest absolute Gasteiger partial charge is 0.341 e.